The zero-order valence-corrected chi connectivity index (χ0v) is 16.8. The maximum atomic E-state index is 13.4. The third kappa shape index (κ3) is 3.98. The predicted octanol–water partition coefficient (Wildman–Crippen LogP) is 5.72. The molecule has 1 heterocycles. The third-order valence-electron chi connectivity index (χ3n) is 6.21. The molecule has 150 valence electrons. The minimum atomic E-state index is -0.931. The quantitative estimate of drug-likeness (QED) is 0.530. The van der Waals surface area contributed by atoms with Gasteiger partial charge in [-0.1, -0.05) is 49.6 Å². The van der Waals surface area contributed by atoms with Gasteiger partial charge in [0, 0.05) is 16.8 Å². The number of carboxylic acid groups (broad SMARTS) is 1. The molecule has 0 radical (unpaired) electrons. The van der Waals surface area contributed by atoms with Crippen LogP contribution in [-0.2, 0) is 12.8 Å². The van der Waals surface area contributed by atoms with E-state index in [1.165, 1.54) is 12.0 Å². The van der Waals surface area contributed by atoms with Crippen LogP contribution in [0.5, 0.6) is 0 Å². The number of Topliss-reactive ketones (excluding diaryl/α,β-unsaturated/α-hetero) is 1. The van der Waals surface area contributed by atoms with Crippen LogP contribution in [0.1, 0.15) is 69.6 Å². The summed E-state index contributed by atoms with van der Waals surface area (Å²) in [7, 11) is 0. The Hall–Kier alpha value is -2.88. The normalized spacial score (nSPS) is 14.9. The van der Waals surface area contributed by atoms with Crippen molar-refractivity contribution in [3.05, 3.63) is 70.4 Å². The molecule has 4 nitrogen and oxygen atoms in total. The van der Waals surface area contributed by atoms with Crippen LogP contribution in [0.2, 0.25) is 0 Å². The topological polar surface area (TPSA) is 70.2 Å². The van der Waals surface area contributed by atoms with E-state index in [0.29, 0.717) is 23.2 Å². The second-order valence-electron chi connectivity index (χ2n) is 8.18. The van der Waals surface area contributed by atoms with Gasteiger partial charge >= 0.3 is 5.97 Å². The maximum absolute atomic E-state index is 13.4. The highest BCUT2D eigenvalue weighted by Gasteiger charge is 2.27. The van der Waals surface area contributed by atoms with Crippen LogP contribution in [0.15, 0.2) is 42.5 Å². The van der Waals surface area contributed by atoms with Gasteiger partial charge in [0.25, 0.3) is 0 Å². The molecule has 4 rings (SSSR count). The minimum Gasteiger partial charge on any atom is -0.478 e. The van der Waals surface area contributed by atoms with Gasteiger partial charge in [-0.2, -0.15) is 0 Å². The number of benzene rings is 2. The van der Waals surface area contributed by atoms with Crippen molar-refractivity contribution >= 4 is 22.7 Å². The molecule has 0 amide bonds. The first-order valence-electron chi connectivity index (χ1n) is 10.5. The lowest BCUT2D eigenvalue weighted by Crippen LogP contribution is -2.19. The summed E-state index contributed by atoms with van der Waals surface area (Å²) in [5, 5.41) is 10.4. The Morgan fingerprint density at radius 2 is 1.76 bits per heavy atom. The SMILES string of the molecule is Cc1cc2[nH]c(C(=O)C3CCCCC3)c(CCc3ccccc3)c2cc1C(=O)O. The molecule has 0 atom stereocenters. The van der Waals surface area contributed by atoms with Crippen LogP contribution in [0.4, 0.5) is 0 Å². The molecule has 4 heteroatoms. The highest BCUT2D eigenvalue weighted by molar-refractivity contribution is 6.05. The summed E-state index contributed by atoms with van der Waals surface area (Å²) in [6.45, 7) is 1.80. The number of H-pyrrole nitrogens is 1. The number of rotatable bonds is 6. The average Bonchev–Trinajstić information content (AvgIpc) is 3.09. The van der Waals surface area contributed by atoms with Crippen LogP contribution in [0.25, 0.3) is 10.9 Å². The number of aromatic amines is 1. The monoisotopic (exact) mass is 389 g/mol. The summed E-state index contributed by atoms with van der Waals surface area (Å²) < 4.78 is 0. The Bertz CT molecular complexity index is 1040. The van der Waals surface area contributed by atoms with Gasteiger partial charge in [0.2, 0.25) is 0 Å². The van der Waals surface area contributed by atoms with Crippen LogP contribution in [0.3, 0.4) is 0 Å². The second-order valence-corrected chi connectivity index (χ2v) is 8.18. The first-order chi connectivity index (χ1) is 14.0. The van der Waals surface area contributed by atoms with Gasteiger partial charge in [-0.3, -0.25) is 4.79 Å². The van der Waals surface area contributed by atoms with Gasteiger partial charge in [-0.15, -0.1) is 0 Å². The number of carbonyl (C=O) groups is 2. The summed E-state index contributed by atoms with van der Waals surface area (Å²) in [5.41, 5.74) is 4.72. The summed E-state index contributed by atoms with van der Waals surface area (Å²) in [6.07, 6.45) is 6.85. The van der Waals surface area contributed by atoms with Gasteiger partial charge in [-0.25, -0.2) is 4.79 Å². The van der Waals surface area contributed by atoms with Crippen molar-refractivity contribution in [1.82, 2.24) is 4.98 Å². The van der Waals surface area contributed by atoms with Crippen molar-refractivity contribution in [1.29, 1.82) is 0 Å². The molecule has 1 aliphatic rings. The lowest BCUT2D eigenvalue weighted by molar-refractivity contribution is 0.0696. The third-order valence-corrected chi connectivity index (χ3v) is 6.21. The zero-order chi connectivity index (χ0) is 20.4. The van der Waals surface area contributed by atoms with Crippen molar-refractivity contribution in [3.63, 3.8) is 0 Å². The molecule has 0 bridgehead atoms. The molecule has 1 saturated carbocycles. The minimum absolute atomic E-state index is 0.0762. The van der Waals surface area contributed by atoms with E-state index in [1.807, 2.05) is 24.3 Å². The largest absolute Gasteiger partial charge is 0.478 e. The molecule has 0 spiro atoms. The molecule has 1 aromatic heterocycles. The van der Waals surface area contributed by atoms with Gasteiger partial charge in [-0.05, 0) is 61.4 Å². The van der Waals surface area contributed by atoms with Crippen molar-refractivity contribution < 1.29 is 14.7 Å². The van der Waals surface area contributed by atoms with E-state index >= 15 is 0 Å². The first kappa shape index (κ1) is 19.4. The number of aromatic nitrogens is 1. The molecular weight excluding hydrogens is 362 g/mol. The number of carbonyl (C=O) groups excluding carboxylic acids is 1. The van der Waals surface area contributed by atoms with E-state index in [9.17, 15) is 14.7 Å². The van der Waals surface area contributed by atoms with E-state index in [2.05, 4.69) is 17.1 Å². The molecule has 1 fully saturated rings. The summed E-state index contributed by atoms with van der Waals surface area (Å²) >= 11 is 0. The molecule has 0 unspecified atom stereocenters. The fourth-order valence-electron chi connectivity index (χ4n) is 4.59. The maximum Gasteiger partial charge on any atom is 0.335 e. The zero-order valence-electron chi connectivity index (χ0n) is 16.8. The number of fused-ring (bicyclic) bond motifs is 1. The highest BCUT2D eigenvalue weighted by Crippen LogP contribution is 2.32. The molecular formula is C25H27NO3. The molecule has 29 heavy (non-hydrogen) atoms. The van der Waals surface area contributed by atoms with E-state index in [-0.39, 0.29) is 11.7 Å². The second kappa shape index (κ2) is 8.24. The van der Waals surface area contributed by atoms with E-state index in [4.69, 9.17) is 0 Å². The summed E-state index contributed by atoms with van der Waals surface area (Å²) in [4.78, 5) is 28.4. The standard InChI is InChI=1S/C25H27NO3/c1-16-14-22-21(15-20(16)25(28)29)19(13-12-17-8-4-2-5-9-17)23(26-22)24(27)18-10-6-3-7-11-18/h2,4-5,8-9,14-15,18,26H,3,6-7,10-13H2,1H3,(H,28,29). The fourth-order valence-corrected chi connectivity index (χ4v) is 4.59. The number of hydrogen-bond donors (Lipinski definition) is 2. The first-order valence-corrected chi connectivity index (χ1v) is 10.5. The Morgan fingerprint density at radius 3 is 2.45 bits per heavy atom. The van der Waals surface area contributed by atoms with E-state index in [1.54, 1.807) is 13.0 Å². The fraction of sp³-hybridized carbons (Fsp3) is 0.360. The lowest BCUT2D eigenvalue weighted by Gasteiger charge is -2.20. The molecule has 2 aromatic carbocycles. The molecule has 0 saturated heterocycles. The van der Waals surface area contributed by atoms with Crippen molar-refractivity contribution in [2.45, 2.75) is 51.9 Å². The predicted molar refractivity (Wildman–Crippen MR) is 115 cm³/mol. The number of ketones is 1. The number of aromatic carboxylic acids is 1. The molecule has 0 aliphatic heterocycles. The number of aryl methyl sites for hydroxylation is 3. The Labute approximate surface area is 171 Å². The van der Waals surface area contributed by atoms with Gasteiger partial charge in [0.15, 0.2) is 5.78 Å². The highest BCUT2D eigenvalue weighted by atomic mass is 16.4. The van der Waals surface area contributed by atoms with Crippen LogP contribution < -0.4 is 0 Å². The van der Waals surface area contributed by atoms with Gasteiger partial charge in [0.05, 0.1) is 11.3 Å². The van der Waals surface area contributed by atoms with Crippen molar-refractivity contribution in [2.24, 2.45) is 5.92 Å². The Kier molecular flexibility index (Phi) is 5.52. The van der Waals surface area contributed by atoms with Gasteiger partial charge in [0.1, 0.15) is 0 Å². The Morgan fingerprint density at radius 1 is 1.03 bits per heavy atom. The molecule has 2 N–H and O–H groups in total. The van der Waals surface area contributed by atoms with Crippen LogP contribution in [0, 0.1) is 12.8 Å². The smallest absolute Gasteiger partial charge is 0.335 e. The Balaban J connectivity index is 1.77. The molecule has 1 aliphatic carbocycles. The number of carboxylic acids is 1. The van der Waals surface area contributed by atoms with E-state index in [0.717, 1.165) is 48.6 Å². The van der Waals surface area contributed by atoms with Crippen molar-refractivity contribution in [2.75, 3.05) is 0 Å². The summed E-state index contributed by atoms with van der Waals surface area (Å²) in [6, 6.07) is 13.8. The summed E-state index contributed by atoms with van der Waals surface area (Å²) in [5.74, 6) is -0.661. The number of hydrogen-bond acceptors (Lipinski definition) is 2. The van der Waals surface area contributed by atoms with Crippen LogP contribution >= 0.6 is 0 Å². The van der Waals surface area contributed by atoms with Crippen molar-refractivity contribution in [3.8, 4) is 0 Å². The average molecular weight is 389 g/mol. The number of nitrogens with one attached hydrogen (secondary N) is 1. The lowest BCUT2D eigenvalue weighted by atomic mass is 9.84. The van der Waals surface area contributed by atoms with Crippen LogP contribution in [-0.4, -0.2) is 21.8 Å². The molecule has 3 aromatic rings. The van der Waals surface area contributed by atoms with Gasteiger partial charge < -0.3 is 10.1 Å². The van der Waals surface area contributed by atoms with E-state index < -0.39 is 5.97 Å².